The molecule has 0 saturated heterocycles. The number of pyridine rings is 3. The van der Waals surface area contributed by atoms with Crippen LogP contribution in [0.15, 0.2) is 71.2 Å². The summed E-state index contributed by atoms with van der Waals surface area (Å²) >= 11 is 1.43. The van der Waals surface area contributed by atoms with E-state index in [9.17, 15) is 19.5 Å². The molecule has 3 N–H and O–H groups in total. The molecule has 0 unspecified atom stereocenters. The quantitative estimate of drug-likeness (QED) is 0.185. The minimum atomic E-state index is -1.28. The number of nitrogens with one attached hydrogen (secondary N) is 2. The van der Waals surface area contributed by atoms with Gasteiger partial charge in [-0.1, -0.05) is 51.1 Å². The SMILES string of the molecule is CCNC(=O)Nc1cc(-c2nc(-c3ccccc3)cs2)c(-c2cc3c(=O)c(C(=O)O)cn(CCC(C)(C)C)c3cn2)cn1. The first-order valence-corrected chi connectivity index (χ1v) is 14.7. The second kappa shape index (κ2) is 12.1. The van der Waals surface area contributed by atoms with E-state index in [4.69, 9.17) is 9.97 Å². The number of urea groups is 1. The van der Waals surface area contributed by atoms with Crippen molar-refractivity contribution in [2.24, 2.45) is 5.41 Å². The van der Waals surface area contributed by atoms with Crippen molar-refractivity contribution in [3.05, 3.63) is 82.2 Å². The molecule has 11 heteroatoms. The van der Waals surface area contributed by atoms with Gasteiger partial charge in [0.25, 0.3) is 0 Å². The zero-order valence-electron chi connectivity index (χ0n) is 24.3. The number of thiazole rings is 1. The van der Waals surface area contributed by atoms with Gasteiger partial charge in [-0.2, -0.15) is 0 Å². The van der Waals surface area contributed by atoms with Crippen LogP contribution >= 0.6 is 11.3 Å². The number of carbonyl (C=O) groups is 2. The number of aromatic carboxylic acids is 1. The monoisotopic (exact) mass is 596 g/mol. The largest absolute Gasteiger partial charge is 0.477 e. The van der Waals surface area contributed by atoms with Gasteiger partial charge in [-0.3, -0.25) is 15.1 Å². The first-order valence-electron chi connectivity index (χ1n) is 13.9. The number of nitrogens with zero attached hydrogens (tertiary/aromatic N) is 4. The minimum Gasteiger partial charge on any atom is -0.477 e. The van der Waals surface area contributed by atoms with Crippen LogP contribution in [0.5, 0.6) is 0 Å². The summed E-state index contributed by atoms with van der Waals surface area (Å²) in [5.41, 5.74) is 3.09. The third kappa shape index (κ3) is 6.62. The maximum absolute atomic E-state index is 13.4. The number of hydrogen-bond acceptors (Lipinski definition) is 7. The Labute approximate surface area is 252 Å². The summed E-state index contributed by atoms with van der Waals surface area (Å²) in [4.78, 5) is 51.6. The maximum atomic E-state index is 13.4. The predicted molar refractivity (Wildman–Crippen MR) is 170 cm³/mol. The van der Waals surface area contributed by atoms with E-state index in [2.05, 4.69) is 36.4 Å². The molecule has 10 nitrogen and oxygen atoms in total. The number of rotatable bonds is 8. The number of hydrogen-bond donors (Lipinski definition) is 3. The van der Waals surface area contributed by atoms with Gasteiger partial charge in [-0.15, -0.1) is 11.3 Å². The molecule has 0 fully saturated rings. The number of fused-ring (bicyclic) bond motifs is 1. The van der Waals surface area contributed by atoms with Crippen molar-refractivity contribution >= 4 is 40.1 Å². The third-order valence-corrected chi connectivity index (χ3v) is 7.74. The summed E-state index contributed by atoms with van der Waals surface area (Å²) in [7, 11) is 0. The number of benzene rings is 1. The molecule has 4 aromatic heterocycles. The van der Waals surface area contributed by atoms with Crippen molar-refractivity contribution < 1.29 is 14.7 Å². The van der Waals surface area contributed by atoms with Crippen molar-refractivity contribution in [2.45, 2.75) is 40.7 Å². The molecule has 0 bridgehead atoms. The lowest BCUT2D eigenvalue weighted by atomic mass is 9.92. The highest BCUT2D eigenvalue weighted by molar-refractivity contribution is 7.13. The standard InChI is InChI=1S/C32H32N6O4S/c1-5-33-31(42)37-27-14-20(29-36-25(18-43-29)19-9-7-6-8-10-19)22(15-35-27)24-13-21-26(16-34-24)38(12-11-32(2,3)4)17-23(28(21)39)30(40)41/h6-10,13-18H,5,11-12H2,1-4H3,(H,40,41)(H2,33,35,37,42). The molecule has 4 heterocycles. The molecule has 0 aliphatic carbocycles. The summed E-state index contributed by atoms with van der Waals surface area (Å²) in [6.07, 6.45) is 5.35. The Morgan fingerprint density at radius 3 is 2.49 bits per heavy atom. The number of amides is 2. The molecule has 0 saturated carbocycles. The summed E-state index contributed by atoms with van der Waals surface area (Å²) in [5, 5.41) is 18.1. The Balaban J connectivity index is 1.66. The highest BCUT2D eigenvalue weighted by Crippen LogP contribution is 2.37. The van der Waals surface area contributed by atoms with Crippen LogP contribution in [0.3, 0.4) is 0 Å². The zero-order valence-corrected chi connectivity index (χ0v) is 25.2. The first kappa shape index (κ1) is 29.6. The molecule has 0 atom stereocenters. The van der Waals surface area contributed by atoms with Crippen molar-refractivity contribution in [1.82, 2.24) is 24.8 Å². The van der Waals surface area contributed by atoms with E-state index in [0.29, 0.717) is 46.3 Å². The smallest absolute Gasteiger partial charge is 0.341 e. The van der Waals surface area contributed by atoms with Crippen molar-refractivity contribution in [3.8, 4) is 33.1 Å². The van der Waals surface area contributed by atoms with Gasteiger partial charge in [0.05, 0.1) is 28.5 Å². The van der Waals surface area contributed by atoms with Gasteiger partial charge < -0.3 is 15.0 Å². The number of carbonyl (C=O) groups excluding carboxylic acids is 1. The maximum Gasteiger partial charge on any atom is 0.341 e. The molecule has 2 amide bonds. The Morgan fingerprint density at radius 2 is 1.79 bits per heavy atom. The van der Waals surface area contributed by atoms with Gasteiger partial charge in [0.1, 0.15) is 16.4 Å². The van der Waals surface area contributed by atoms with Crippen LogP contribution in [0.25, 0.3) is 44.0 Å². The van der Waals surface area contributed by atoms with Crippen molar-refractivity contribution in [1.29, 1.82) is 0 Å². The van der Waals surface area contributed by atoms with Crippen LogP contribution in [0.1, 0.15) is 44.5 Å². The molecular weight excluding hydrogens is 564 g/mol. The summed E-state index contributed by atoms with van der Waals surface area (Å²) in [6, 6.07) is 12.7. The van der Waals surface area contributed by atoms with Gasteiger partial charge >= 0.3 is 12.0 Å². The van der Waals surface area contributed by atoms with Crippen molar-refractivity contribution in [3.63, 3.8) is 0 Å². The normalized spacial score (nSPS) is 11.4. The second-order valence-electron chi connectivity index (χ2n) is 11.3. The lowest BCUT2D eigenvalue weighted by Crippen LogP contribution is -2.28. The van der Waals surface area contributed by atoms with Gasteiger partial charge in [-0.25, -0.2) is 19.6 Å². The summed E-state index contributed by atoms with van der Waals surface area (Å²) in [6.45, 7) is 9.11. The van der Waals surface area contributed by atoms with Crippen LogP contribution in [-0.2, 0) is 6.54 Å². The number of carboxylic acids is 1. The Hall–Kier alpha value is -4.90. The van der Waals surface area contributed by atoms with Crippen LogP contribution in [0, 0.1) is 5.41 Å². The van der Waals surface area contributed by atoms with Crippen LogP contribution in [-0.4, -0.2) is 43.2 Å². The number of carboxylic acid groups (broad SMARTS) is 1. The first-order chi connectivity index (χ1) is 20.5. The molecule has 0 aliphatic rings. The van der Waals surface area contributed by atoms with Gasteiger partial charge in [-0.05, 0) is 30.9 Å². The highest BCUT2D eigenvalue weighted by Gasteiger charge is 2.20. The lowest BCUT2D eigenvalue weighted by Gasteiger charge is -2.20. The fourth-order valence-electron chi connectivity index (χ4n) is 4.59. The fraction of sp³-hybridized carbons (Fsp3) is 0.250. The average molecular weight is 597 g/mol. The lowest BCUT2D eigenvalue weighted by molar-refractivity contribution is 0.0694. The molecule has 0 spiro atoms. The van der Waals surface area contributed by atoms with Crippen LogP contribution < -0.4 is 16.1 Å². The van der Waals surface area contributed by atoms with Gasteiger partial charge in [0.2, 0.25) is 5.43 Å². The third-order valence-electron chi connectivity index (χ3n) is 6.86. The van der Waals surface area contributed by atoms with Crippen LogP contribution in [0.4, 0.5) is 10.6 Å². The van der Waals surface area contributed by atoms with Crippen molar-refractivity contribution in [2.75, 3.05) is 11.9 Å². The molecule has 0 radical (unpaired) electrons. The van der Waals surface area contributed by atoms with E-state index in [1.807, 2.05) is 42.6 Å². The number of aryl methyl sites for hydroxylation is 1. The van der Waals surface area contributed by atoms with Crippen LogP contribution in [0.2, 0.25) is 0 Å². The Bertz CT molecular complexity index is 1880. The topological polar surface area (TPSA) is 139 Å². The summed E-state index contributed by atoms with van der Waals surface area (Å²) < 4.78 is 1.79. The molecule has 1 aromatic carbocycles. The van der Waals surface area contributed by atoms with E-state index in [0.717, 1.165) is 17.7 Å². The Kier molecular flexibility index (Phi) is 8.36. The van der Waals surface area contributed by atoms with E-state index in [-0.39, 0.29) is 16.4 Å². The molecule has 5 rings (SSSR count). The zero-order chi connectivity index (χ0) is 30.7. The number of anilines is 1. The molecule has 5 aromatic rings. The van der Waals surface area contributed by atoms with Gasteiger partial charge in [0, 0.05) is 47.6 Å². The van der Waals surface area contributed by atoms with E-state index in [1.165, 1.54) is 17.5 Å². The molecule has 0 aliphatic heterocycles. The summed E-state index contributed by atoms with van der Waals surface area (Å²) in [5.74, 6) is -0.964. The average Bonchev–Trinajstić information content (AvgIpc) is 3.47. The van der Waals surface area contributed by atoms with E-state index < -0.39 is 17.4 Å². The highest BCUT2D eigenvalue weighted by atomic mass is 32.1. The number of aromatic nitrogens is 4. The van der Waals surface area contributed by atoms with Gasteiger partial charge in [0.15, 0.2) is 0 Å². The predicted octanol–water partition coefficient (Wildman–Crippen LogP) is 6.52. The second-order valence-corrected chi connectivity index (χ2v) is 12.1. The molecule has 220 valence electrons. The molecule has 43 heavy (non-hydrogen) atoms. The minimum absolute atomic E-state index is 0.00289. The fourth-order valence-corrected chi connectivity index (χ4v) is 5.45. The Morgan fingerprint density at radius 1 is 1.02 bits per heavy atom. The van der Waals surface area contributed by atoms with E-state index >= 15 is 0 Å². The molecular formula is C32H32N6O4S. The van der Waals surface area contributed by atoms with E-state index in [1.54, 1.807) is 29.1 Å².